The molecule has 1 N–H and O–H groups in total. The number of nitrogens with one attached hydrogen (secondary N) is 1. The van der Waals surface area contributed by atoms with Crippen LogP contribution in [0.2, 0.25) is 5.02 Å². The standard InChI is InChI=1S/C34H35ClFN3O4S/c1-34(2,3)37-33(41)31(22-25-12-6-4-7-13-25)38(23-26-14-10-11-17-30(26)36)32(40)24-39(28-15-8-5-9-16-28)44(42,43)29-20-18-27(35)19-21-29/h4-21,31H,22-24H2,1-3H3,(H,37,41)/t31-/m0/s1. The summed E-state index contributed by atoms with van der Waals surface area (Å²) in [4.78, 5) is 29.4. The SMILES string of the molecule is CC(C)(C)NC(=O)[C@H](Cc1ccccc1)N(Cc1ccccc1F)C(=O)CN(c1ccccc1)S(=O)(=O)c1ccc(Cl)cc1. The van der Waals surface area contributed by atoms with E-state index in [1.54, 1.807) is 36.4 Å². The van der Waals surface area contributed by atoms with Crippen LogP contribution >= 0.6 is 11.6 Å². The fraction of sp³-hybridized carbons (Fsp3) is 0.235. The van der Waals surface area contributed by atoms with Crippen molar-refractivity contribution >= 4 is 39.1 Å². The first-order valence-electron chi connectivity index (χ1n) is 14.1. The van der Waals surface area contributed by atoms with Gasteiger partial charge in [-0.3, -0.25) is 13.9 Å². The summed E-state index contributed by atoms with van der Waals surface area (Å²) in [5.41, 5.74) is 0.587. The van der Waals surface area contributed by atoms with E-state index in [0.29, 0.717) is 5.02 Å². The smallest absolute Gasteiger partial charge is 0.264 e. The highest BCUT2D eigenvalue weighted by molar-refractivity contribution is 7.92. The first-order valence-corrected chi connectivity index (χ1v) is 15.9. The molecule has 0 spiro atoms. The highest BCUT2D eigenvalue weighted by Gasteiger charge is 2.36. The van der Waals surface area contributed by atoms with Gasteiger partial charge in [0.1, 0.15) is 18.4 Å². The molecule has 0 radical (unpaired) electrons. The molecule has 0 unspecified atom stereocenters. The van der Waals surface area contributed by atoms with E-state index < -0.39 is 45.8 Å². The molecule has 4 aromatic carbocycles. The summed E-state index contributed by atoms with van der Waals surface area (Å²) in [5.74, 6) is -1.67. The number of amides is 2. The lowest BCUT2D eigenvalue weighted by molar-refractivity contribution is -0.140. The molecule has 0 aliphatic heterocycles. The molecule has 0 bridgehead atoms. The maximum absolute atomic E-state index is 15.0. The van der Waals surface area contributed by atoms with Gasteiger partial charge in [0.05, 0.1) is 10.6 Å². The molecule has 0 saturated carbocycles. The molecule has 0 aromatic heterocycles. The number of sulfonamides is 1. The summed E-state index contributed by atoms with van der Waals surface area (Å²) in [6, 6.07) is 27.9. The van der Waals surface area contributed by atoms with Crippen molar-refractivity contribution in [1.29, 1.82) is 0 Å². The van der Waals surface area contributed by atoms with Crippen LogP contribution < -0.4 is 9.62 Å². The second-order valence-corrected chi connectivity index (χ2v) is 13.7. The highest BCUT2D eigenvalue weighted by Crippen LogP contribution is 2.26. The van der Waals surface area contributed by atoms with Crippen LogP contribution in [0, 0.1) is 5.82 Å². The quantitative estimate of drug-likeness (QED) is 0.212. The topological polar surface area (TPSA) is 86.8 Å². The Labute approximate surface area is 263 Å². The average Bonchev–Trinajstić information content (AvgIpc) is 2.98. The first-order chi connectivity index (χ1) is 20.8. The van der Waals surface area contributed by atoms with Crippen LogP contribution in [-0.2, 0) is 32.6 Å². The molecule has 0 saturated heterocycles. The molecule has 0 aliphatic rings. The summed E-state index contributed by atoms with van der Waals surface area (Å²) < 4.78 is 43.9. The van der Waals surface area contributed by atoms with Crippen LogP contribution in [0.25, 0.3) is 0 Å². The summed E-state index contributed by atoms with van der Waals surface area (Å²) in [7, 11) is -4.26. The van der Waals surface area contributed by atoms with E-state index in [9.17, 15) is 22.4 Å². The molecular formula is C34H35ClFN3O4S. The van der Waals surface area contributed by atoms with Crippen molar-refractivity contribution in [3.63, 3.8) is 0 Å². The second-order valence-electron chi connectivity index (χ2n) is 11.4. The maximum atomic E-state index is 15.0. The van der Waals surface area contributed by atoms with E-state index in [4.69, 9.17) is 11.6 Å². The van der Waals surface area contributed by atoms with Gasteiger partial charge in [0, 0.05) is 29.1 Å². The van der Waals surface area contributed by atoms with E-state index in [1.807, 2.05) is 51.1 Å². The fourth-order valence-corrected chi connectivity index (χ4v) is 6.21. The minimum Gasteiger partial charge on any atom is -0.350 e. The Morgan fingerprint density at radius 2 is 1.41 bits per heavy atom. The number of hydrogen-bond acceptors (Lipinski definition) is 4. The normalized spacial score (nSPS) is 12.3. The zero-order chi connectivity index (χ0) is 31.9. The summed E-state index contributed by atoms with van der Waals surface area (Å²) >= 11 is 6.01. The third-order valence-electron chi connectivity index (χ3n) is 6.79. The van der Waals surface area contributed by atoms with Gasteiger partial charge < -0.3 is 10.2 Å². The number of benzene rings is 4. The van der Waals surface area contributed by atoms with Gasteiger partial charge in [-0.05, 0) is 68.8 Å². The lowest BCUT2D eigenvalue weighted by Crippen LogP contribution is -2.56. The number of hydrogen-bond donors (Lipinski definition) is 1. The van der Waals surface area contributed by atoms with Crippen molar-refractivity contribution in [2.75, 3.05) is 10.8 Å². The van der Waals surface area contributed by atoms with E-state index >= 15 is 0 Å². The van der Waals surface area contributed by atoms with Gasteiger partial charge >= 0.3 is 0 Å². The Morgan fingerprint density at radius 3 is 2.00 bits per heavy atom. The molecule has 0 heterocycles. The van der Waals surface area contributed by atoms with Crippen LogP contribution in [0.15, 0.2) is 114 Å². The molecule has 0 aliphatic carbocycles. The highest BCUT2D eigenvalue weighted by atomic mass is 35.5. The van der Waals surface area contributed by atoms with Crippen molar-refractivity contribution in [3.05, 3.63) is 131 Å². The third-order valence-corrected chi connectivity index (χ3v) is 8.83. The molecule has 1 atom stereocenters. The lowest BCUT2D eigenvalue weighted by atomic mass is 10.0. The van der Waals surface area contributed by atoms with Crippen LogP contribution in [0.5, 0.6) is 0 Å². The number of nitrogens with zero attached hydrogens (tertiary/aromatic N) is 2. The van der Waals surface area contributed by atoms with Crippen molar-refractivity contribution in [3.8, 4) is 0 Å². The molecule has 10 heteroatoms. The van der Waals surface area contributed by atoms with Gasteiger partial charge in [0.2, 0.25) is 11.8 Å². The van der Waals surface area contributed by atoms with E-state index in [1.165, 1.54) is 47.4 Å². The van der Waals surface area contributed by atoms with Gasteiger partial charge in [0.25, 0.3) is 10.0 Å². The number of rotatable bonds is 11. The van der Waals surface area contributed by atoms with Gasteiger partial charge in [-0.15, -0.1) is 0 Å². The number of anilines is 1. The predicted molar refractivity (Wildman–Crippen MR) is 171 cm³/mol. The molecule has 0 fully saturated rings. The second kappa shape index (κ2) is 14.1. The zero-order valence-electron chi connectivity index (χ0n) is 24.8. The lowest BCUT2D eigenvalue weighted by Gasteiger charge is -2.35. The fourth-order valence-electron chi connectivity index (χ4n) is 4.67. The van der Waals surface area contributed by atoms with Gasteiger partial charge in [-0.2, -0.15) is 0 Å². The Morgan fingerprint density at radius 1 is 0.841 bits per heavy atom. The predicted octanol–water partition coefficient (Wildman–Crippen LogP) is 6.23. The van der Waals surface area contributed by atoms with Crippen molar-refractivity contribution in [1.82, 2.24) is 10.2 Å². The Balaban J connectivity index is 1.81. The Kier molecular flexibility index (Phi) is 10.4. The van der Waals surface area contributed by atoms with Gasteiger partial charge in [-0.1, -0.05) is 78.3 Å². The molecule has 4 rings (SSSR count). The van der Waals surface area contributed by atoms with Crippen LogP contribution in [-0.4, -0.2) is 43.3 Å². The molecule has 7 nitrogen and oxygen atoms in total. The van der Waals surface area contributed by atoms with Crippen molar-refractivity contribution < 1.29 is 22.4 Å². The van der Waals surface area contributed by atoms with E-state index in [-0.39, 0.29) is 29.1 Å². The first kappa shape index (κ1) is 32.7. The monoisotopic (exact) mass is 635 g/mol. The summed E-state index contributed by atoms with van der Waals surface area (Å²) in [6.45, 7) is 4.57. The zero-order valence-corrected chi connectivity index (χ0v) is 26.4. The van der Waals surface area contributed by atoms with E-state index in [0.717, 1.165) is 9.87 Å². The van der Waals surface area contributed by atoms with Crippen LogP contribution in [0.3, 0.4) is 0 Å². The van der Waals surface area contributed by atoms with Crippen LogP contribution in [0.4, 0.5) is 10.1 Å². The largest absolute Gasteiger partial charge is 0.350 e. The molecular weight excluding hydrogens is 601 g/mol. The number of halogens is 2. The third kappa shape index (κ3) is 8.45. The molecule has 230 valence electrons. The summed E-state index contributed by atoms with van der Waals surface area (Å²) in [5, 5.41) is 3.31. The average molecular weight is 636 g/mol. The van der Waals surface area contributed by atoms with Gasteiger partial charge in [-0.25, -0.2) is 12.8 Å². The maximum Gasteiger partial charge on any atom is 0.264 e. The number of para-hydroxylation sites is 1. The molecule has 4 aromatic rings. The number of carbonyl (C=O) groups excluding carboxylic acids is 2. The Hall–Kier alpha value is -4.21. The van der Waals surface area contributed by atoms with E-state index in [2.05, 4.69) is 5.32 Å². The Bertz CT molecular complexity index is 1680. The summed E-state index contributed by atoms with van der Waals surface area (Å²) in [6.07, 6.45) is 0.123. The minimum absolute atomic E-state index is 0.0643. The van der Waals surface area contributed by atoms with Crippen molar-refractivity contribution in [2.45, 2.75) is 50.2 Å². The molecule has 44 heavy (non-hydrogen) atoms. The van der Waals surface area contributed by atoms with Crippen molar-refractivity contribution in [2.24, 2.45) is 0 Å². The van der Waals surface area contributed by atoms with Gasteiger partial charge in [0.15, 0.2) is 0 Å². The minimum atomic E-state index is -4.26. The van der Waals surface area contributed by atoms with Crippen LogP contribution in [0.1, 0.15) is 31.9 Å². The number of carbonyl (C=O) groups is 2. The molecule has 2 amide bonds.